The van der Waals surface area contributed by atoms with Crippen molar-refractivity contribution in [2.24, 2.45) is 5.92 Å². The summed E-state index contributed by atoms with van der Waals surface area (Å²) < 4.78 is 10.7. The van der Waals surface area contributed by atoms with E-state index in [9.17, 15) is 10.1 Å². The quantitative estimate of drug-likeness (QED) is 0.627. The predicted octanol–water partition coefficient (Wildman–Crippen LogP) is 1.73. The second kappa shape index (κ2) is 6.49. The van der Waals surface area contributed by atoms with E-state index in [0.29, 0.717) is 24.9 Å². The Morgan fingerprint density at radius 1 is 1.47 bits per heavy atom. The van der Waals surface area contributed by atoms with Crippen LogP contribution < -0.4 is 10.1 Å². The van der Waals surface area contributed by atoms with Crippen LogP contribution in [0.25, 0.3) is 0 Å². The molecule has 1 aromatic carbocycles. The number of non-ortho nitro benzene ring substituents is 1. The summed E-state index contributed by atoms with van der Waals surface area (Å²) in [5, 5.41) is 14.1. The maximum atomic E-state index is 10.8. The third-order valence-electron chi connectivity index (χ3n) is 3.18. The minimum Gasteiger partial charge on any atom is -0.496 e. The molecule has 104 valence electrons. The van der Waals surface area contributed by atoms with Gasteiger partial charge in [-0.25, -0.2) is 0 Å². The van der Waals surface area contributed by atoms with Gasteiger partial charge in [-0.1, -0.05) is 0 Å². The van der Waals surface area contributed by atoms with Crippen molar-refractivity contribution in [2.45, 2.75) is 13.0 Å². The minimum atomic E-state index is -0.424. The van der Waals surface area contributed by atoms with E-state index in [1.165, 1.54) is 19.2 Å². The summed E-state index contributed by atoms with van der Waals surface area (Å²) in [4.78, 5) is 10.4. The molecule has 0 spiro atoms. The van der Waals surface area contributed by atoms with Crippen molar-refractivity contribution in [2.75, 3.05) is 26.8 Å². The molecule has 2 rings (SSSR count). The van der Waals surface area contributed by atoms with Crippen LogP contribution in [0.4, 0.5) is 5.69 Å². The normalized spacial score (nSPS) is 18.5. The van der Waals surface area contributed by atoms with E-state index in [-0.39, 0.29) is 5.69 Å². The summed E-state index contributed by atoms with van der Waals surface area (Å²) in [5.74, 6) is 1.02. The monoisotopic (exact) mass is 266 g/mol. The molecule has 19 heavy (non-hydrogen) atoms. The SMILES string of the molecule is COc1cc(COCC2CCNC2)cc([N+](=O)[O-])c1. The maximum absolute atomic E-state index is 10.8. The van der Waals surface area contributed by atoms with Crippen molar-refractivity contribution in [3.63, 3.8) is 0 Å². The highest BCUT2D eigenvalue weighted by Gasteiger charge is 2.15. The van der Waals surface area contributed by atoms with E-state index in [1.54, 1.807) is 6.07 Å². The number of nitro groups is 1. The summed E-state index contributed by atoms with van der Waals surface area (Å²) in [6.45, 7) is 3.07. The summed E-state index contributed by atoms with van der Waals surface area (Å²) >= 11 is 0. The Labute approximate surface area is 111 Å². The molecule has 0 saturated carbocycles. The first-order chi connectivity index (χ1) is 9.19. The van der Waals surface area contributed by atoms with E-state index in [0.717, 1.165) is 25.1 Å². The number of hydrogen-bond acceptors (Lipinski definition) is 5. The topological polar surface area (TPSA) is 73.6 Å². The Morgan fingerprint density at radius 3 is 2.95 bits per heavy atom. The second-order valence-electron chi connectivity index (χ2n) is 4.67. The zero-order valence-corrected chi connectivity index (χ0v) is 10.9. The summed E-state index contributed by atoms with van der Waals surface area (Å²) in [6, 6.07) is 4.69. The number of benzene rings is 1. The van der Waals surface area contributed by atoms with Crippen LogP contribution in [0, 0.1) is 16.0 Å². The average Bonchev–Trinajstić information content (AvgIpc) is 2.91. The van der Waals surface area contributed by atoms with E-state index in [2.05, 4.69) is 5.32 Å². The zero-order chi connectivity index (χ0) is 13.7. The molecule has 1 aliphatic heterocycles. The third kappa shape index (κ3) is 3.90. The lowest BCUT2D eigenvalue weighted by Gasteiger charge is -2.10. The highest BCUT2D eigenvalue weighted by molar-refractivity contribution is 5.42. The first kappa shape index (κ1) is 13.8. The van der Waals surface area contributed by atoms with Gasteiger partial charge in [0, 0.05) is 12.6 Å². The lowest BCUT2D eigenvalue weighted by Crippen LogP contribution is -2.13. The number of rotatable bonds is 6. The number of nitrogens with zero attached hydrogens (tertiary/aromatic N) is 1. The maximum Gasteiger partial charge on any atom is 0.273 e. The standard InChI is InChI=1S/C13H18N2O4/c1-18-13-5-11(4-12(6-13)15(16)17)9-19-8-10-2-3-14-7-10/h4-6,10,14H,2-3,7-9H2,1H3. The van der Waals surface area contributed by atoms with Crippen LogP contribution in [-0.2, 0) is 11.3 Å². The van der Waals surface area contributed by atoms with E-state index in [1.807, 2.05) is 0 Å². The van der Waals surface area contributed by atoms with Gasteiger partial charge in [-0.2, -0.15) is 0 Å². The van der Waals surface area contributed by atoms with Gasteiger partial charge in [-0.05, 0) is 30.5 Å². The van der Waals surface area contributed by atoms with Crippen molar-refractivity contribution < 1.29 is 14.4 Å². The molecule has 1 N–H and O–H groups in total. The number of nitrogens with one attached hydrogen (secondary N) is 1. The van der Waals surface area contributed by atoms with Crippen LogP contribution >= 0.6 is 0 Å². The van der Waals surface area contributed by atoms with Gasteiger partial charge in [0.25, 0.3) is 5.69 Å². The number of nitro benzene ring substituents is 1. The van der Waals surface area contributed by atoms with Gasteiger partial charge in [0.05, 0.1) is 31.3 Å². The van der Waals surface area contributed by atoms with Crippen LogP contribution in [0.5, 0.6) is 5.75 Å². The average molecular weight is 266 g/mol. The molecule has 1 fully saturated rings. The third-order valence-corrected chi connectivity index (χ3v) is 3.18. The van der Waals surface area contributed by atoms with Crippen molar-refractivity contribution in [1.82, 2.24) is 5.32 Å². The first-order valence-electron chi connectivity index (χ1n) is 6.30. The predicted molar refractivity (Wildman–Crippen MR) is 70.3 cm³/mol. The molecule has 0 radical (unpaired) electrons. The van der Waals surface area contributed by atoms with Crippen LogP contribution in [-0.4, -0.2) is 31.7 Å². The highest BCUT2D eigenvalue weighted by Crippen LogP contribution is 2.23. The summed E-state index contributed by atoms with van der Waals surface area (Å²) in [5.41, 5.74) is 0.789. The highest BCUT2D eigenvalue weighted by atomic mass is 16.6. The second-order valence-corrected chi connectivity index (χ2v) is 4.67. The molecule has 1 unspecified atom stereocenters. The Kier molecular flexibility index (Phi) is 4.70. The fraction of sp³-hybridized carbons (Fsp3) is 0.538. The molecule has 1 atom stereocenters. The number of methoxy groups -OCH3 is 1. The van der Waals surface area contributed by atoms with Crippen molar-refractivity contribution >= 4 is 5.69 Å². The molecule has 1 saturated heterocycles. The lowest BCUT2D eigenvalue weighted by atomic mass is 10.1. The van der Waals surface area contributed by atoms with E-state index >= 15 is 0 Å². The summed E-state index contributed by atoms with van der Waals surface area (Å²) in [6.07, 6.45) is 1.12. The Hall–Kier alpha value is -1.66. The van der Waals surface area contributed by atoms with Gasteiger partial charge in [0.15, 0.2) is 0 Å². The molecule has 6 heteroatoms. The molecular weight excluding hydrogens is 248 g/mol. The van der Waals surface area contributed by atoms with Gasteiger partial charge in [-0.3, -0.25) is 10.1 Å². The van der Waals surface area contributed by atoms with Crippen LogP contribution in [0.1, 0.15) is 12.0 Å². The lowest BCUT2D eigenvalue weighted by molar-refractivity contribution is -0.385. The molecule has 1 aromatic rings. The van der Waals surface area contributed by atoms with E-state index in [4.69, 9.17) is 9.47 Å². The molecule has 6 nitrogen and oxygen atoms in total. The number of ether oxygens (including phenoxy) is 2. The van der Waals surface area contributed by atoms with E-state index < -0.39 is 4.92 Å². The summed E-state index contributed by atoms with van der Waals surface area (Å²) in [7, 11) is 1.49. The molecule has 0 amide bonds. The Balaban J connectivity index is 1.94. The van der Waals surface area contributed by atoms with Crippen molar-refractivity contribution in [1.29, 1.82) is 0 Å². The molecule has 1 aliphatic rings. The van der Waals surface area contributed by atoms with Gasteiger partial charge in [0.1, 0.15) is 5.75 Å². The first-order valence-corrected chi connectivity index (χ1v) is 6.30. The fourth-order valence-electron chi connectivity index (χ4n) is 2.15. The zero-order valence-electron chi connectivity index (χ0n) is 10.9. The minimum absolute atomic E-state index is 0.0282. The molecule has 0 aromatic heterocycles. The van der Waals surface area contributed by atoms with Crippen molar-refractivity contribution in [3.05, 3.63) is 33.9 Å². The molecule has 0 bridgehead atoms. The van der Waals surface area contributed by atoms with Crippen LogP contribution in [0.2, 0.25) is 0 Å². The fourth-order valence-corrected chi connectivity index (χ4v) is 2.15. The Bertz CT molecular complexity index is 444. The Morgan fingerprint density at radius 2 is 2.32 bits per heavy atom. The van der Waals surface area contributed by atoms with Gasteiger partial charge < -0.3 is 14.8 Å². The van der Waals surface area contributed by atoms with Crippen molar-refractivity contribution in [3.8, 4) is 5.75 Å². The van der Waals surface area contributed by atoms with Gasteiger partial charge in [0.2, 0.25) is 0 Å². The largest absolute Gasteiger partial charge is 0.496 e. The smallest absolute Gasteiger partial charge is 0.273 e. The van der Waals surface area contributed by atoms with Gasteiger partial charge in [-0.15, -0.1) is 0 Å². The van der Waals surface area contributed by atoms with Crippen LogP contribution in [0.3, 0.4) is 0 Å². The molecular formula is C13H18N2O4. The van der Waals surface area contributed by atoms with Crippen LogP contribution in [0.15, 0.2) is 18.2 Å². The molecule has 1 heterocycles. The van der Waals surface area contributed by atoms with Gasteiger partial charge >= 0.3 is 0 Å². The molecule has 0 aliphatic carbocycles. The number of hydrogen-bond donors (Lipinski definition) is 1.